The summed E-state index contributed by atoms with van der Waals surface area (Å²) in [5.41, 5.74) is 0.176. The zero-order chi connectivity index (χ0) is 20.5. The van der Waals surface area contributed by atoms with Crippen molar-refractivity contribution in [2.75, 3.05) is 11.4 Å². The SMILES string of the molecule is CCCc1cc(=O)n2nc(N3CCC(NC(=O)OC(C)(C)C)CC3C)sc2n1. The van der Waals surface area contributed by atoms with E-state index in [2.05, 4.69) is 34.1 Å². The van der Waals surface area contributed by atoms with Crippen LogP contribution in [0.25, 0.3) is 4.96 Å². The molecule has 1 aliphatic heterocycles. The van der Waals surface area contributed by atoms with Crippen LogP contribution in [0.3, 0.4) is 0 Å². The first-order valence-electron chi connectivity index (χ1n) is 9.82. The molecule has 2 unspecified atom stereocenters. The molecule has 2 aromatic rings. The van der Waals surface area contributed by atoms with E-state index in [-0.39, 0.29) is 23.7 Å². The van der Waals surface area contributed by atoms with E-state index < -0.39 is 5.60 Å². The maximum absolute atomic E-state index is 12.3. The Morgan fingerprint density at radius 2 is 2.18 bits per heavy atom. The van der Waals surface area contributed by atoms with Gasteiger partial charge in [0.1, 0.15) is 5.60 Å². The molecule has 9 heteroatoms. The summed E-state index contributed by atoms with van der Waals surface area (Å²) in [5.74, 6) is 0. The fourth-order valence-corrected chi connectivity index (χ4v) is 4.46. The van der Waals surface area contributed by atoms with Crippen molar-refractivity contribution in [1.82, 2.24) is 19.9 Å². The highest BCUT2D eigenvalue weighted by molar-refractivity contribution is 7.20. The number of rotatable bonds is 4. The number of fused-ring (bicyclic) bond motifs is 1. The Hall–Kier alpha value is -2.16. The molecule has 0 aliphatic carbocycles. The smallest absolute Gasteiger partial charge is 0.407 e. The Kier molecular flexibility index (Phi) is 5.92. The summed E-state index contributed by atoms with van der Waals surface area (Å²) in [6, 6.07) is 1.81. The third kappa shape index (κ3) is 4.81. The number of alkyl carbamates (subject to hydrolysis) is 1. The number of aryl methyl sites for hydroxylation is 1. The average Bonchev–Trinajstić information content (AvgIpc) is 2.97. The maximum Gasteiger partial charge on any atom is 0.407 e. The average molecular weight is 408 g/mol. The highest BCUT2D eigenvalue weighted by atomic mass is 32.1. The van der Waals surface area contributed by atoms with Gasteiger partial charge in [-0.05, 0) is 47.0 Å². The Morgan fingerprint density at radius 1 is 1.43 bits per heavy atom. The Labute approximate surface area is 168 Å². The molecular formula is C19H29N5O3S. The van der Waals surface area contributed by atoms with Gasteiger partial charge in [-0.25, -0.2) is 9.78 Å². The predicted octanol–water partition coefficient (Wildman–Crippen LogP) is 2.99. The molecule has 1 amide bonds. The summed E-state index contributed by atoms with van der Waals surface area (Å²) < 4.78 is 6.74. The normalized spacial score (nSPS) is 20.4. The number of nitrogens with one attached hydrogen (secondary N) is 1. The molecule has 0 spiro atoms. The molecular weight excluding hydrogens is 378 g/mol. The van der Waals surface area contributed by atoms with Gasteiger partial charge in [0, 0.05) is 30.4 Å². The lowest BCUT2D eigenvalue weighted by Gasteiger charge is -2.37. The van der Waals surface area contributed by atoms with Gasteiger partial charge in [-0.2, -0.15) is 4.52 Å². The number of carbonyl (C=O) groups excluding carboxylic acids is 1. The Morgan fingerprint density at radius 3 is 2.82 bits per heavy atom. The molecule has 0 bridgehead atoms. The number of hydrogen-bond acceptors (Lipinski definition) is 7. The number of amides is 1. The van der Waals surface area contributed by atoms with E-state index >= 15 is 0 Å². The van der Waals surface area contributed by atoms with Gasteiger partial charge < -0.3 is 15.0 Å². The molecule has 1 N–H and O–H groups in total. The van der Waals surface area contributed by atoms with Crippen LogP contribution < -0.4 is 15.8 Å². The van der Waals surface area contributed by atoms with Crippen LogP contribution in [0.1, 0.15) is 59.6 Å². The second-order valence-electron chi connectivity index (χ2n) is 8.32. The van der Waals surface area contributed by atoms with Crippen molar-refractivity contribution < 1.29 is 9.53 Å². The van der Waals surface area contributed by atoms with Crippen LogP contribution in [0.4, 0.5) is 9.93 Å². The summed E-state index contributed by atoms with van der Waals surface area (Å²) in [5, 5.41) is 8.25. The van der Waals surface area contributed by atoms with E-state index in [0.717, 1.165) is 43.1 Å². The number of hydrogen-bond donors (Lipinski definition) is 1. The molecule has 8 nitrogen and oxygen atoms in total. The summed E-state index contributed by atoms with van der Waals surface area (Å²) >= 11 is 1.44. The van der Waals surface area contributed by atoms with E-state index in [4.69, 9.17) is 4.74 Å². The molecule has 1 fully saturated rings. The predicted molar refractivity (Wildman–Crippen MR) is 110 cm³/mol. The first-order chi connectivity index (χ1) is 13.2. The fourth-order valence-electron chi connectivity index (χ4n) is 3.41. The van der Waals surface area contributed by atoms with Crippen LogP contribution in [0.2, 0.25) is 0 Å². The molecule has 0 radical (unpaired) electrons. The molecule has 2 atom stereocenters. The molecule has 28 heavy (non-hydrogen) atoms. The summed E-state index contributed by atoms with van der Waals surface area (Å²) in [7, 11) is 0. The minimum absolute atomic E-state index is 0.0625. The standard InChI is InChI=1S/C19H29N5O3S/c1-6-7-13-11-15(25)24-16(20-13)28-17(22-24)23-9-8-14(10-12(23)2)21-18(26)27-19(3,4)5/h11-12,14H,6-10H2,1-5H3,(H,21,26). The number of ether oxygens (including phenoxy) is 1. The van der Waals surface area contributed by atoms with Crippen molar-refractivity contribution in [3.8, 4) is 0 Å². The lowest BCUT2D eigenvalue weighted by molar-refractivity contribution is 0.0494. The number of piperidine rings is 1. The molecule has 1 saturated heterocycles. The van der Waals surface area contributed by atoms with E-state index in [9.17, 15) is 9.59 Å². The molecule has 3 rings (SSSR count). The molecule has 2 aromatic heterocycles. The number of nitrogens with zero attached hydrogens (tertiary/aromatic N) is 4. The zero-order valence-corrected chi connectivity index (χ0v) is 18.0. The van der Waals surface area contributed by atoms with Gasteiger partial charge >= 0.3 is 6.09 Å². The monoisotopic (exact) mass is 407 g/mol. The fraction of sp³-hybridized carbons (Fsp3) is 0.684. The molecule has 154 valence electrons. The van der Waals surface area contributed by atoms with Crippen molar-refractivity contribution >= 4 is 27.5 Å². The van der Waals surface area contributed by atoms with Gasteiger partial charge in [0.05, 0.1) is 0 Å². The van der Waals surface area contributed by atoms with Crippen LogP contribution in [-0.2, 0) is 11.2 Å². The third-order valence-corrected chi connectivity index (χ3v) is 5.58. The molecule has 0 aromatic carbocycles. The van der Waals surface area contributed by atoms with Crippen LogP contribution in [-0.4, -0.2) is 44.9 Å². The van der Waals surface area contributed by atoms with Crippen molar-refractivity contribution in [2.24, 2.45) is 0 Å². The second-order valence-corrected chi connectivity index (χ2v) is 9.26. The van der Waals surface area contributed by atoms with Gasteiger partial charge in [0.15, 0.2) is 0 Å². The minimum Gasteiger partial charge on any atom is -0.444 e. The van der Waals surface area contributed by atoms with Crippen LogP contribution in [0.15, 0.2) is 10.9 Å². The van der Waals surface area contributed by atoms with Crippen molar-refractivity contribution in [2.45, 2.75) is 78.0 Å². The van der Waals surface area contributed by atoms with Crippen molar-refractivity contribution in [3.05, 3.63) is 22.1 Å². The minimum atomic E-state index is -0.506. The van der Waals surface area contributed by atoms with Gasteiger partial charge in [-0.15, -0.1) is 5.10 Å². The third-order valence-electron chi connectivity index (χ3n) is 4.64. The topological polar surface area (TPSA) is 88.8 Å². The summed E-state index contributed by atoms with van der Waals surface area (Å²) in [6.07, 6.45) is 2.94. The van der Waals surface area contributed by atoms with Crippen LogP contribution in [0.5, 0.6) is 0 Å². The Bertz CT molecular complexity index is 901. The van der Waals surface area contributed by atoms with Crippen LogP contribution in [0, 0.1) is 0 Å². The quantitative estimate of drug-likeness (QED) is 0.838. The highest BCUT2D eigenvalue weighted by Gasteiger charge is 2.30. The number of anilines is 1. The first kappa shape index (κ1) is 20.6. The van der Waals surface area contributed by atoms with Gasteiger partial charge in [0.2, 0.25) is 10.1 Å². The van der Waals surface area contributed by atoms with Crippen LogP contribution >= 0.6 is 11.3 Å². The highest BCUT2D eigenvalue weighted by Crippen LogP contribution is 2.28. The van der Waals surface area contributed by atoms with Gasteiger partial charge in [-0.3, -0.25) is 4.79 Å². The van der Waals surface area contributed by atoms with E-state index in [0.29, 0.717) is 4.96 Å². The van der Waals surface area contributed by atoms with Gasteiger partial charge in [0.25, 0.3) is 5.56 Å². The Balaban J connectivity index is 1.70. The van der Waals surface area contributed by atoms with Crippen molar-refractivity contribution in [1.29, 1.82) is 0 Å². The second kappa shape index (κ2) is 8.06. The molecule has 0 saturated carbocycles. The summed E-state index contributed by atoms with van der Waals surface area (Å²) in [4.78, 5) is 31.7. The molecule has 3 heterocycles. The number of carbonyl (C=O) groups is 1. The number of aromatic nitrogens is 3. The molecule has 1 aliphatic rings. The van der Waals surface area contributed by atoms with E-state index in [1.54, 1.807) is 6.07 Å². The lowest BCUT2D eigenvalue weighted by atomic mass is 9.99. The van der Waals surface area contributed by atoms with Gasteiger partial charge in [-0.1, -0.05) is 24.7 Å². The van der Waals surface area contributed by atoms with Crippen molar-refractivity contribution in [3.63, 3.8) is 0 Å². The van der Waals surface area contributed by atoms with E-state index in [1.165, 1.54) is 15.9 Å². The lowest BCUT2D eigenvalue weighted by Crippen LogP contribution is -2.49. The maximum atomic E-state index is 12.3. The largest absolute Gasteiger partial charge is 0.444 e. The van der Waals surface area contributed by atoms with E-state index in [1.807, 2.05) is 20.8 Å². The summed E-state index contributed by atoms with van der Waals surface area (Å²) in [6.45, 7) is 10.5. The zero-order valence-electron chi connectivity index (χ0n) is 17.2. The first-order valence-corrected chi connectivity index (χ1v) is 10.6.